The van der Waals surface area contributed by atoms with E-state index in [1.807, 2.05) is 0 Å². The molecule has 3 nitrogen and oxygen atoms in total. The first-order chi connectivity index (χ1) is 12.8. The molecule has 1 aliphatic rings. The summed E-state index contributed by atoms with van der Waals surface area (Å²) < 4.78 is 3.60. The number of nitrogens with zero attached hydrogens (tertiary/aromatic N) is 3. The molecule has 0 saturated heterocycles. The van der Waals surface area contributed by atoms with Crippen LogP contribution in [0.4, 0.5) is 0 Å². The predicted molar refractivity (Wildman–Crippen MR) is 115 cm³/mol. The zero-order chi connectivity index (χ0) is 19.3. The van der Waals surface area contributed by atoms with E-state index < -0.39 is 0 Å². The molecule has 0 N–H and O–H groups in total. The second-order valence-electron chi connectivity index (χ2n) is 8.59. The zero-order valence-electron chi connectivity index (χ0n) is 16.9. The first-order valence-corrected chi connectivity index (χ1v) is 10.8. The Bertz CT molecular complexity index is 1000. The molecule has 27 heavy (non-hydrogen) atoms. The van der Waals surface area contributed by atoms with Gasteiger partial charge in [0.15, 0.2) is 5.65 Å². The van der Waals surface area contributed by atoms with Crippen molar-refractivity contribution in [3.05, 3.63) is 56.9 Å². The lowest BCUT2D eigenvalue weighted by Crippen LogP contribution is -2.13. The monoisotopic (exact) mass is 425 g/mol. The van der Waals surface area contributed by atoms with Crippen LogP contribution in [-0.2, 0) is 12.8 Å². The van der Waals surface area contributed by atoms with Gasteiger partial charge in [-0.15, -0.1) is 0 Å². The van der Waals surface area contributed by atoms with Crippen molar-refractivity contribution in [3.8, 4) is 0 Å². The van der Waals surface area contributed by atoms with Crippen LogP contribution in [0, 0.1) is 12.8 Å². The number of fused-ring (bicyclic) bond motifs is 2. The van der Waals surface area contributed by atoms with Gasteiger partial charge < -0.3 is 4.57 Å². The predicted octanol–water partition coefficient (Wildman–Crippen LogP) is 6.36. The summed E-state index contributed by atoms with van der Waals surface area (Å²) in [5.41, 5.74) is 7.42. The van der Waals surface area contributed by atoms with Crippen LogP contribution < -0.4 is 0 Å². The SMILES string of the molecule is Cc1cc(CC(C)C)nc2c1nc(C(C)C)n2[C@H]1CCc2cc(Br)ccc21. The lowest BCUT2D eigenvalue weighted by molar-refractivity contribution is 0.546. The molecule has 1 atom stereocenters. The molecule has 4 heteroatoms. The molecule has 0 radical (unpaired) electrons. The highest BCUT2D eigenvalue weighted by Gasteiger charge is 2.29. The summed E-state index contributed by atoms with van der Waals surface area (Å²) in [6.45, 7) is 11.2. The molecule has 0 fully saturated rings. The summed E-state index contributed by atoms with van der Waals surface area (Å²) in [4.78, 5) is 10.2. The lowest BCUT2D eigenvalue weighted by Gasteiger charge is -2.19. The highest BCUT2D eigenvalue weighted by molar-refractivity contribution is 9.10. The van der Waals surface area contributed by atoms with Gasteiger partial charge in [0.1, 0.15) is 11.3 Å². The number of hydrogen-bond donors (Lipinski definition) is 0. The molecule has 1 aliphatic carbocycles. The van der Waals surface area contributed by atoms with E-state index in [2.05, 4.69) is 79.4 Å². The zero-order valence-corrected chi connectivity index (χ0v) is 18.5. The van der Waals surface area contributed by atoms with Crippen molar-refractivity contribution in [3.63, 3.8) is 0 Å². The van der Waals surface area contributed by atoms with Crippen molar-refractivity contribution in [1.82, 2.24) is 14.5 Å². The Morgan fingerprint density at radius 1 is 1.15 bits per heavy atom. The van der Waals surface area contributed by atoms with Crippen LogP contribution in [0.3, 0.4) is 0 Å². The van der Waals surface area contributed by atoms with E-state index in [1.54, 1.807) is 0 Å². The van der Waals surface area contributed by atoms with Gasteiger partial charge in [0, 0.05) is 16.1 Å². The van der Waals surface area contributed by atoms with Crippen molar-refractivity contribution in [2.75, 3.05) is 0 Å². The maximum atomic E-state index is 5.11. The van der Waals surface area contributed by atoms with E-state index >= 15 is 0 Å². The molecular formula is C23H28BrN3. The Morgan fingerprint density at radius 3 is 2.63 bits per heavy atom. The van der Waals surface area contributed by atoms with Gasteiger partial charge in [-0.2, -0.15) is 0 Å². The third kappa shape index (κ3) is 3.33. The number of imidazole rings is 1. The summed E-state index contributed by atoms with van der Waals surface area (Å²) in [7, 11) is 0. The van der Waals surface area contributed by atoms with Crippen molar-refractivity contribution in [1.29, 1.82) is 0 Å². The van der Waals surface area contributed by atoms with E-state index in [-0.39, 0.29) is 0 Å². The van der Waals surface area contributed by atoms with E-state index in [0.717, 1.165) is 40.7 Å². The largest absolute Gasteiger partial charge is 0.305 e. The highest BCUT2D eigenvalue weighted by Crippen LogP contribution is 2.39. The minimum absolute atomic E-state index is 0.330. The number of pyridine rings is 1. The van der Waals surface area contributed by atoms with Crippen LogP contribution >= 0.6 is 15.9 Å². The third-order valence-corrected chi connectivity index (χ3v) is 6.01. The third-order valence-electron chi connectivity index (χ3n) is 5.52. The molecular weight excluding hydrogens is 398 g/mol. The van der Waals surface area contributed by atoms with Crippen LogP contribution in [0.1, 0.15) is 74.3 Å². The summed E-state index contributed by atoms with van der Waals surface area (Å²) in [6, 6.07) is 9.26. The fraction of sp³-hybridized carbons (Fsp3) is 0.478. The van der Waals surface area contributed by atoms with Gasteiger partial charge >= 0.3 is 0 Å². The molecule has 2 aromatic heterocycles. The van der Waals surface area contributed by atoms with Gasteiger partial charge in [-0.3, -0.25) is 0 Å². The minimum Gasteiger partial charge on any atom is -0.305 e. The van der Waals surface area contributed by atoms with Crippen LogP contribution in [0.2, 0.25) is 0 Å². The van der Waals surface area contributed by atoms with Gasteiger partial charge in [-0.05, 0) is 67.0 Å². The first kappa shape index (κ1) is 18.7. The lowest BCUT2D eigenvalue weighted by atomic mass is 10.1. The Morgan fingerprint density at radius 2 is 1.93 bits per heavy atom. The molecule has 3 aromatic rings. The first-order valence-electron chi connectivity index (χ1n) is 10.0. The molecule has 4 rings (SSSR count). The summed E-state index contributed by atoms with van der Waals surface area (Å²) in [5, 5.41) is 0. The highest BCUT2D eigenvalue weighted by atomic mass is 79.9. The molecule has 2 heterocycles. The number of hydrogen-bond acceptors (Lipinski definition) is 2. The molecule has 0 bridgehead atoms. The maximum Gasteiger partial charge on any atom is 0.161 e. The van der Waals surface area contributed by atoms with Gasteiger partial charge in [0.25, 0.3) is 0 Å². The Hall–Kier alpha value is -1.68. The number of benzene rings is 1. The van der Waals surface area contributed by atoms with Crippen LogP contribution in [-0.4, -0.2) is 14.5 Å². The quantitative estimate of drug-likeness (QED) is 0.486. The molecule has 0 saturated carbocycles. The number of aromatic nitrogens is 3. The van der Waals surface area contributed by atoms with Crippen molar-refractivity contribution < 1.29 is 0 Å². The molecule has 0 amide bonds. The van der Waals surface area contributed by atoms with Crippen LogP contribution in [0.5, 0.6) is 0 Å². The smallest absolute Gasteiger partial charge is 0.161 e. The molecule has 0 spiro atoms. The van der Waals surface area contributed by atoms with Crippen LogP contribution in [0.25, 0.3) is 11.2 Å². The number of rotatable bonds is 4. The van der Waals surface area contributed by atoms with Gasteiger partial charge in [-0.25, -0.2) is 9.97 Å². The second-order valence-corrected chi connectivity index (χ2v) is 9.51. The van der Waals surface area contributed by atoms with Gasteiger partial charge in [0.2, 0.25) is 0 Å². The Labute approximate surface area is 170 Å². The molecule has 142 valence electrons. The van der Waals surface area contributed by atoms with E-state index in [9.17, 15) is 0 Å². The average molecular weight is 426 g/mol. The normalized spacial score (nSPS) is 16.7. The summed E-state index contributed by atoms with van der Waals surface area (Å²) >= 11 is 3.62. The number of halogens is 1. The van der Waals surface area contributed by atoms with E-state index in [4.69, 9.17) is 9.97 Å². The maximum absolute atomic E-state index is 5.11. The molecule has 0 aliphatic heterocycles. The van der Waals surface area contributed by atoms with E-state index in [0.29, 0.717) is 17.9 Å². The minimum atomic E-state index is 0.330. The van der Waals surface area contributed by atoms with Crippen molar-refractivity contribution >= 4 is 27.1 Å². The molecule has 1 aromatic carbocycles. The van der Waals surface area contributed by atoms with Crippen molar-refractivity contribution in [2.24, 2.45) is 5.92 Å². The van der Waals surface area contributed by atoms with Crippen molar-refractivity contribution in [2.45, 2.75) is 65.8 Å². The molecule has 0 unspecified atom stereocenters. The summed E-state index contributed by atoms with van der Waals surface area (Å²) in [5.74, 6) is 2.12. The fourth-order valence-electron chi connectivity index (χ4n) is 4.37. The number of aryl methyl sites for hydroxylation is 2. The summed E-state index contributed by atoms with van der Waals surface area (Å²) in [6.07, 6.45) is 3.24. The fourth-order valence-corrected chi connectivity index (χ4v) is 4.78. The topological polar surface area (TPSA) is 30.7 Å². The van der Waals surface area contributed by atoms with Gasteiger partial charge in [0.05, 0.1) is 6.04 Å². The van der Waals surface area contributed by atoms with E-state index in [1.165, 1.54) is 22.4 Å². The second kappa shape index (κ2) is 7.05. The van der Waals surface area contributed by atoms with Crippen LogP contribution in [0.15, 0.2) is 28.7 Å². The van der Waals surface area contributed by atoms with Gasteiger partial charge in [-0.1, -0.05) is 49.7 Å². The average Bonchev–Trinajstić information content (AvgIpc) is 3.15. The Balaban J connectivity index is 1.94. The Kier molecular flexibility index (Phi) is 4.87. The standard InChI is InChI=1S/C23H28BrN3/c1-13(2)10-18-11-15(5)21-23(25-18)27(22(26-21)14(3)4)20-9-6-16-12-17(24)7-8-19(16)20/h7-8,11-14,20H,6,9-10H2,1-5H3/t20-/m0/s1.